The van der Waals surface area contributed by atoms with Gasteiger partial charge in [-0.2, -0.15) is 0 Å². The van der Waals surface area contributed by atoms with Crippen molar-refractivity contribution in [3.05, 3.63) is 306 Å². The van der Waals surface area contributed by atoms with E-state index in [1.54, 1.807) is 0 Å². The molecule has 0 saturated heterocycles. The maximum atomic E-state index is 11.2. The SMILES string of the molecule is [2H]C([2H])(c1cccc(-c2cc(C(C)(C)C)cc(-c3cccc(C([2H])([2H])C(C)(C)C)c3)c2N2c3cc(-n4c5ccccc5c5ccccc54)ccc3B3c4ccc(-n5c6ccccc6c6ccccc65)cc4N(c4c(-c5cccc(C([2H])([2H])C(C)(C)C)c5)cc(C(C)(C)C)cc4-c4cccc(C([2H])([2H])C(C)(C)C)c4)c4cc(C([2H])([2H])C(C)(C)C)cc2c43)c1)C(C)(C)C. The Morgan fingerprint density at radius 3 is 0.793 bits per heavy atom. The van der Waals surface area contributed by atoms with Crippen LogP contribution in [0, 0.1) is 27.1 Å². The average Bonchev–Trinajstić information content (AvgIpc) is 0.793. The Bertz CT molecular complexity index is 6220. The topological polar surface area (TPSA) is 16.3 Å². The fourth-order valence-corrected chi connectivity index (χ4v) is 17.9. The number of aromatic nitrogens is 2. The number of anilines is 6. The van der Waals surface area contributed by atoms with Gasteiger partial charge in [0.25, 0.3) is 6.71 Å². The fraction of sp³-hybridized carbons (Fsp3) is 0.297. The third-order valence-corrected chi connectivity index (χ3v) is 22.4. The Hall–Kier alpha value is -10.9. The Morgan fingerprint density at radius 2 is 0.526 bits per heavy atom. The van der Waals surface area contributed by atoms with Crippen molar-refractivity contribution < 1.29 is 13.7 Å². The molecule has 13 aromatic carbocycles. The summed E-state index contributed by atoms with van der Waals surface area (Å²) in [5.41, 5.74) is 17.9. The van der Waals surface area contributed by atoms with Gasteiger partial charge in [0.1, 0.15) is 0 Å². The van der Waals surface area contributed by atoms with Crippen molar-refractivity contribution in [1.29, 1.82) is 0 Å². The number of hydrogen-bond acceptors (Lipinski definition) is 2. The molecule has 5 heteroatoms. The van der Waals surface area contributed by atoms with E-state index in [0.717, 1.165) is 138 Å². The van der Waals surface area contributed by atoms with E-state index in [2.05, 4.69) is 255 Å². The third-order valence-electron chi connectivity index (χ3n) is 22.4. The van der Waals surface area contributed by atoms with Gasteiger partial charge in [0, 0.05) is 91.6 Å². The average molecular weight is 1530 g/mol. The summed E-state index contributed by atoms with van der Waals surface area (Å²) < 4.78 is 108. The lowest BCUT2D eigenvalue weighted by Gasteiger charge is -2.46. The van der Waals surface area contributed by atoms with E-state index < -0.39 is 76.5 Å². The second kappa shape index (κ2) is 28.5. The zero-order valence-corrected chi connectivity index (χ0v) is 71.8. The van der Waals surface area contributed by atoms with Gasteiger partial charge in [0.05, 0.1) is 33.4 Å². The highest BCUT2D eigenvalue weighted by Crippen LogP contribution is 2.56. The van der Waals surface area contributed by atoms with Crippen molar-refractivity contribution in [3.63, 3.8) is 0 Å². The molecule has 4 heterocycles. The molecule has 0 spiro atoms. The maximum absolute atomic E-state index is 11.2. The van der Waals surface area contributed by atoms with Gasteiger partial charge in [0.2, 0.25) is 0 Å². The molecule has 0 amide bonds. The molecule has 15 aromatic rings. The van der Waals surface area contributed by atoms with Crippen molar-refractivity contribution in [3.8, 4) is 55.9 Å². The molecule has 584 valence electrons. The molecular formula is C111H117BN4. The molecule has 17 rings (SSSR count). The molecule has 2 aliphatic heterocycles. The van der Waals surface area contributed by atoms with E-state index in [1.165, 1.54) is 0 Å². The van der Waals surface area contributed by atoms with Crippen LogP contribution in [0.1, 0.15) is 198 Å². The number of para-hydroxylation sites is 4. The first kappa shape index (κ1) is 66.3. The fourth-order valence-electron chi connectivity index (χ4n) is 17.9. The Labute approximate surface area is 706 Å². The van der Waals surface area contributed by atoms with E-state index in [4.69, 9.17) is 0 Å². The predicted molar refractivity (Wildman–Crippen MR) is 504 cm³/mol. The quantitative estimate of drug-likeness (QED) is 0.107. The van der Waals surface area contributed by atoms with Gasteiger partial charge in [-0.15, -0.1) is 0 Å². The van der Waals surface area contributed by atoms with Gasteiger partial charge in [-0.05, 0) is 232 Å². The predicted octanol–water partition coefficient (Wildman–Crippen LogP) is 29.2. The van der Waals surface area contributed by atoms with Gasteiger partial charge >= 0.3 is 0 Å². The molecule has 0 atom stereocenters. The zero-order valence-electron chi connectivity index (χ0n) is 81.8. The normalized spacial score (nSPS) is 15.4. The molecule has 0 bridgehead atoms. The second-order valence-electron chi connectivity index (χ2n) is 39.8. The van der Waals surface area contributed by atoms with E-state index in [1.807, 2.05) is 177 Å². The molecule has 0 N–H and O–H groups in total. The first-order chi connectivity index (χ1) is 58.7. The van der Waals surface area contributed by atoms with Crippen molar-refractivity contribution in [2.45, 2.75) is 188 Å². The monoisotopic (exact) mass is 1530 g/mol. The summed E-state index contributed by atoms with van der Waals surface area (Å²) in [6.45, 7) is 41.9. The van der Waals surface area contributed by atoms with Gasteiger partial charge in [-0.25, -0.2) is 0 Å². The number of hydrogen-bond donors (Lipinski definition) is 0. The van der Waals surface area contributed by atoms with Crippen molar-refractivity contribution in [2.75, 3.05) is 9.80 Å². The molecule has 4 nitrogen and oxygen atoms in total. The molecule has 0 radical (unpaired) electrons. The number of nitrogens with zero attached hydrogens (tertiary/aromatic N) is 4. The Kier molecular flexibility index (Phi) is 16.3. The van der Waals surface area contributed by atoms with Gasteiger partial charge in [-0.3, -0.25) is 0 Å². The molecule has 0 unspecified atom stereocenters. The summed E-state index contributed by atoms with van der Waals surface area (Å²) in [4.78, 5) is 4.82. The van der Waals surface area contributed by atoms with E-state index >= 15 is 0 Å². The molecule has 0 fully saturated rings. The van der Waals surface area contributed by atoms with E-state index in [9.17, 15) is 13.7 Å². The molecule has 116 heavy (non-hydrogen) atoms. The summed E-state index contributed by atoms with van der Waals surface area (Å²) in [6, 6.07) is 93.5. The van der Waals surface area contributed by atoms with Crippen LogP contribution in [0.5, 0.6) is 0 Å². The summed E-state index contributed by atoms with van der Waals surface area (Å²) in [5, 5.41) is 4.36. The standard InChI is InChI=1S/C111H117BN4/c1-105(2,3)66-71-34-30-38-76(54-71)88-60-80(110(16,17)18)61-89(77-39-31-35-72(55-77)67-106(4,5)6)103(88)115-98-64-82(113-94-46-26-22-42-84(94)85-43-23-27-47-95(85)113)50-52-92(98)112-93-53-51-83(114-96-48-28-24-44-86(96)87-45-25-29-49-97(87)114)65-99(93)116(101-59-75(70-109(13,14)15)58-100(115)102(101)112)104-90(78-40-32-36-73(56-78)68-107(7,8)9)62-81(111(19,20)21)63-91(104)79-41-33-37-74(57-79)69-108(10,11)12/h22-65H,66-70H2,1-21H3/i66D2,67D2,68D2,69D2,70D2. The largest absolute Gasteiger partial charge is 0.310 e. The van der Waals surface area contributed by atoms with Crippen LogP contribution in [0.15, 0.2) is 267 Å². The van der Waals surface area contributed by atoms with Gasteiger partial charge in [-0.1, -0.05) is 327 Å². The van der Waals surface area contributed by atoms with Crippen LogP contribution in [0.2, 0.25) is 0 Å². The highest BCUT2D eigenvalue weighted by atomic mass is 15.2. The second-order valence-corrected chi connectivity index (χ2v) is 39.8. The summed E-state index contributed by atoms with van der Waals surface area (Å²) in [6.07, 6.45) is -9.48. The number of fused-ring (bicyclic) bond motifs is 10. The summed E-state index contributed by atoms with van der Waals surface area (Å²) >= 11 is 0. The van der Waals surface area contributed by atoms with E-state index in [-0.39, 0.29) is 0 Å². The molecular weight excluding hydrogens is 1400 g/mol. The molecule has 2 aliphatic rings. The van der Waals surface area contributed by atoms with E-state index in [0.29, 0.717) is 50.6 Å². The molecule has 0 saturated carbocycles. The number of rotatable bonds is 13. The van der Waals surface area contributed by atoms with Gasteiger partial charge < -0.3 is 18.9 Å². The number of benzene rings is 13. The van der Waals surface area contributed by atoms with Crippen LogP contribution >= 0.6 is 0 Å². The van der Waals surface area contributed by atoms with Crippen molar-refractivity contribution in [2.24, 2.45) is 27.1 Å². The summed E-state index contributed by atoms with van der Waals surface area (Å²) in [5.74, 6) is 0. The lowest BCUT2D eigenvalue weighted by atomic mass is 9.33. The lowest BCUT2D eigenvalue weighted by Crippen LogP contribution is -2.61. The maximum Gasteiger partial charge on any atom is 0.252 e. The van der Waals surface area contributed by atoms with Crippen LogP contribution < -0.4 is 26.2 Å². The minimum atomic E-state index is -2.12. The minimum absolute atomic E-state index is 0.395. The van der Waals surface area contributed by atoms with Crippen molar-refractivity contribution in [1.82, 2.24) is 9.13 Å². The van der Waals surface area contributed by atoms with Gasteiger partial charge in [0.15, 0.2) is 0 Å². The van der Waals surface area contributed by atoms with Crippen LogP contribution in [0.3, 0.4) is 0 Å². The van der Waals surface area contributed by atoms with Crippen LogP contribution in [0.25, 0.3) is 99.5 Å². The minimum Gasteiger partial charge on any atom is -0.310 e. The lowest BCUT2D eigenvalue weighted by molar-refractivity contribution is 0.411. The first-order valence-electron chi connectivity index (χ1n) is 46.6. The molecule has 0 aliphatic carbocycles. The third kappa shape index (κ3) is 15.0. The highest BCUT2D eigenvalue weighted by Gasteiger charge is 2.47. The molecule has 2 aromatic heterocycles. The smallest absolute Gasteiger partial charge is 0.252 e. The van der Waals surface area contributed by atoms with Crippen LogP contribution in [-0.4, -0.2) is 15.8 Å². The zero-order chi connectivity index (χ0) is 90.6. The van der Waals surface area contributed by atoms with Crippen molar-refractivity contribution >= 4 is 101 Å². The van der Waals surface area contributed by atoms with Crippen LogP contribution in [0.4, 0.5) is 34.1 Å². The Morgan fingerprint density at radius 1 is 0.259 bits per heavy atom. The highest BCUT2D eigenvalue weighted by molar-refractivity contribution is 7.00. The Balaban J connectivity index is 1.13. The first-order valence-corrected chi connectivity index (χ1v) is 41.6. The summed E-state index contributed by atoms with van der Waals surface area (Å²) in [7, 11) is 0. The van der Waals surface area contributed by atoms with Crippen LogP contribution in [-0.2, 0) is 42.7 Å².